The Hall–Kier alpha value is -3.98. The van der Waals surface area contributed by atoms with E-state index in [0.29, 0.717) is 40.5 Å². The predicted octanol–water partition coefficient (Wildman–Crippen LogP) is 4.81. The summed E-state index contributed by atoms with van der Waals surface area (Å²) in [5.74, 6) is 2.49. The first-order valence-electron chi connectivity index (χ1n) is 11.1. The molecule has 2 atom stereocenters. The molecule has 2 heterocycles. The van der Waals surface area contributed by atoms with Crippen molar-refractivity contribution in [3.05, 3.63) is 90.3 Å². The minimum Gasteiger partial charge on any atom is -0.497 e. The fourth-order valence-corrected chi connectivity index (χ4v) is 4.78. The number of carbonyl (C=O) groups is 1. The number of para-hydroxylation sites is 2. The van der Waals surface area contributed by atoms with E-state index in [4.69, 9.17) is 14.2 Å². The molecule has 35 heavy (non-hydrogen) atoms. The van der Waals surface area contributed by atoms with E-state index in [1.165, 1.54) is 11.8 Å². The van der Waals surface area contributed by atoms with Crippen molar-refractivity contribution < 1.29 is 19.0 Å². The van der Waals surface area contributed by atoms with Crippen LogP contribution in [0, 0.1) is 0 Å². The van der Waals surface area contributed by atoms with Crippen molar-refractivity contribution in [2.75, 3.05) is 19.0 Å². The number of thioether (sulfide) groups is 1. The van der Waals surface area contributed by atoms with E-state index in [0.717, 1.165) is 5.56 Å². The number of rotatable bonds is 7. The van der Waals surface area contributed by atoms with E-state index in [2.05, 4.69) is 15.5 Å². The number of anilines is 1. The fourth-order valence-electron chi connectivity index (χ4n) is 3.77. The van der Waals surface area contributed by atoms with Crippen molar-refractivity contribution in [2.24, 2.45) is 7.05 Å². The van der Waals surface area contributed by atoms with Crippen LogP contribution in [0.4, 0.5) is 5.69 Å². The molecular weight excluding hydrogens is 464 g/mol. The molecule has 1 N–H and O–H groups in total. The second kappa shape index (κ2) is 10.1. The van der Waals surface area contributed by atoms with Crippen LogP contribution in [0.15, 0.2) is 84.0 Å². The highest BCUT2D eigenvalue weighted by Gasteiger charge is 2.30. The van der Waals surface area contributed by atoms with Gasteiger partial charge in [-0.05, 0) is 29.8 Å². The van der Waals surface area contributed by atoms with Crippen molar-refractivity contribution >= 4 is 23.4 Å². The van der Waals surface area contributed by atoms with E-state index in [9.17, 15) is 4.79 Å². The number of fused-ring (bicyclic) bond motifs is 1. The van der Waals surface area contributed by atoms with Gasteiger partial charge in [0.15, 0.2) is 28.6 Å². The SMILES string of the molecule is COc1cccc(NC(=O)[C@@H](Sc2nnc([C@H]3COc4ccccc4O3)n2C)c2ccccc2)c1. The molecule has 1 aromatic heterocycles. The molecule has 0 saturated heterocycles. The Bertz CT molecular complexity index is 1330. The minimum atomic E-state index is -0.553. The minimum absolute atomic E-state index is 0.176. The molecule has 8 nitrogen and oxygen atoms in total. The van der Waals surface area contributed by atoms with Crippen molar-refractivity contribution in [3.63, 3.8) is 0 Å². The summed E-state index contributed by atoms with van der Waals surface area (Å²) < 4.78 is 19.1. The molecular formula is C26H24N4O4S. The molecule has 0 unspecified atom stereocenters. The van der Waals surface area contributed by atoms with E-state index in [1.807, 2.05) is 84.4 Å². The molecule has 0 fully saturated rings. The van der Waals surface area contributed by atoms with Crippen LogP contribution in [-0.2, 0) is 11.8 Å². The van der Waals surface area contributed by atoms with Gasteiger partial charge in [0.05, 0.1) is 7.11 Å². The van der Waals surface area contributed by atoms with Gasteiger partial charge in [-0.2, -0.15) is 0 Å². The number of methoxy groups -OCH3 is 1. The van der Waals surface area contributed by atoms with E-state index in [-0.39, 0.29) is 5.91 Å². The summed E-state index contributed by atoms with van der Waals surface area (Å²) >= 11 is 1.33. The van der Waals surface area contributed by atoms with Gasteiger partial charge in [0.25, 0.3) is 0 Å². The molecule has 9 heteroatoms. The van der Waals surface area contributed by atoms with Crippen molar-refractivity contribution in [2.45, 2.75) is 16.5 Å². The van der Waals surface area contributed by atoms with Crippen LogP contribution in [0.1, 0.15) is 22.7 Å². The molecule has 0 spiro atoms. The summed E-state index contributed by atoms with van der Waals surface area (Å²) in [7, 11) is 3.46. The lowest BCUT2D eigenvalue weighted by molar-refractivity contribution is -0.115. The van der Waals surface area contributed by atoms with E-state index < -0.39 is 11.4 Å². The van der Waals surface area contributed by atoms with Gasteiger partial charge in [0, 0.05) is 18.8 Å². The highest BCUT2D eigenvalue weighted by atomic mass is 32.2. The van der Waals surface area contributed by atoms with Gasteiger partial charge in [0.2, 0.25) is 5.91 Å². The first-order chi connectivity index (χ1) is 17.1. The summed E-state index contributed by atoms with van der Waals surface area (Å²) in [5, 5.41) is 11.8. The average molecular weight is 489 g/mol. The quantitative estimate of drug-likeness (QED) is 0.374. The summed E-state index contributed by atoms with van der Waals surface area (Å²) in [6.45, 7) is 0.325. The lowest BCUT2D eigenvalue weighted by Crippen LogP contribution is -2.24. The molecule has 0 saturated carbocycles. The average Bonchev–Trinajstić information content (AvgIpc) is 3.27. The van der Waals surface area contributed by atoms with Crippen LogP contribution >= 0.6 is 11.8 Å². The standard InChI is InChI=1S/C26H24N4O4S/c1-30-24(22-16-33-20-13-6-7-14-21(20)34-22)28-29-26(30)35-23(17-9-4-3-5-10-17)25(31)27-18-11-8-12-19(15-18)32-2/h3-15,22-23H,16H2,1-2H3,(H,27,31)/t22-,23+/m1/s1. The molecule has 0 bridgehead atoms. The molecule has 0 radical (unpaired) electrons. The summed E-state index contributed by atoms with van der Waals surface area (Å²) in [4.78, 5) is 13.4. The van der Waals surface area contributed by atoms with Crippen LogP contribution in [0.2, 0.25) is 0 Å². The van der Waals surface area contributed by atoms with Gasteiger partial charge in [-0.25, -0.2) is 0 Å². The topological polar surface area (TPSA) is 87.5 Å². The Morgan fingerprint density at radius 2 is 1.83 bits per heavy atom. The summed E-state index contributed by atoms with van der Waals surface area (Å²) in [6, 6.07) is 24.4. The second-order valence-electron chi connectivity index (χ2n) is 7.89. The number of hydrogen-bond donors (Lipinski definition) is 1. The van der Waals surface area contributed by atoms with Crippen molar-refractivity contribution in [1.82, 2.24) is 14.8 Å². The smallest absolute Gasteiger partial charge is 0.242 e. The molecule has 5 rings (SSSR count). The normalized spacial score (nSPS) is 15.3. The molecule has 4 aromatic rings. The molecule has 178 valence electrons. The third-order valence-corrected chi connectivity index (χ3v) is 6.85. The zero-order chi connectivity index (χ0) is 24.2. The zero-order valence-electron chi connectivity index (χ0n) is 19.3. The molecule has 3 aromatic carbocycles. The predicted molar refractivity (Wildman–Crippen MR) is 133 cm³/mol. The Balaban J connectivity index is 1.38. The van der Waals surface area contributed by atoms with Gasteiger partial charge in [-0.1, -0.05) is 60.3 Å². The maximum absolute atomic E-state index is 13.4. The van der Waals surface area contributed by atoms with Gasteiger partial charge in [0.1, 0.15) is 17.6 Å². The number of nitrogens with one attached hydrogen (secondary N) is 1. The third kappa shape index (κ3) is 4.95. The van der Waals surface area contributed by atoms with Crippen LogP contribution in [0.25, 0.3) is 0 Å². The molecule has 1 aliphatic rings. The zero-order valence-corrected chi connectivity index (χ0v) is 20.1. The number of hydrogen-bond acceptors (Lipinski definition) is 7. The Kier molecular flexibility index (Phi) is 6.58. The second-order valence-corrected chi connectivity index (χ2v) is 8.97. The van der Waals surface area contributed by atoms with Crippen molar-refractivity contribution in [1.29, 1.82) is 0 Å². The molecule has 1 aliphatic heterocycles. The summed E-state index contributed by atoms with van der Waals surface area (Å²) in [5.41, 5.74) is 1.51. The van der Waals surface area contributed by atoms with Crippen LogP contribution in [0.3, 0.4) is 0 Å². The molecule has 0 aliphatic carbocycles. The lowest BCUT2D eigenvalue weighted by Gasteiger charge is -2.25. The number of benzene rings is 3. The number of nitrogens with zero attached hydrogens (tertiary/aromatic N) is 3. The van der Waals surface area contributed by atoms with Gasteiger partial charge in [-0.15, -0.1) is 10.2 Å². The van der Waals surface area contributed by atoms with Crippen LogP contribution in [-0.4, -0.2) is 34.4 Å². The number of amides is 1. The molecule has 1 amide bonds. The maximum Gasteiger partial charge on any atom is 0.242 e. The number of aromatic nitrogens is 3. The van der Waals surface area contributed by atoms with Crippen LogP contribution in [0.5, 0.6) is 17.2 Å². The Morgan fingerprint density at radius 1 is 1.06 bits per heavy atom. The van der Waals surface area contributed by atoms with Crippen molar-refractivity contribution in [3.8, 4) is 17.2 Å². The Labute approximate surface area is 207 Å². The lowest BCUT2D eigenvalue weighted by atomic mass is 10.1. The Morgan fingerprint density at radius 3 is 2.63 bits per heavy atom. The van der Waals surface area contributed by atoms with E-state index >= 15 is 0 Å². The highest BCUT2D eigenvalue weighted by molar-refractivity contribution is 8.00. The number of ether oxygens (including phenoxy) is 3. The largest absolute Gasteiger partial charge is 0.497 e. The third-order valence-electron chi connectivity index (χ3n) is 5.57. The van der Waals surface area contributed by atoms with Crippen LogP contribution < -0.4 is 19.5 Å². The summed E-state index contributed by atoms with van der Waals surface area (Å²) in [6.07, 6.45) is -0.405. The first-order valence-corrected chi connectivity index (χ1v) is 11.9. The van der Waals surface area contributed by atoms with Gasteiger partial charge < -0.3 is 24.1 Å². The highest BCUT2D eigenvalue weighted by Crippen LogP contribution is 2.38. The monoisotopic (exact) mass is 488 g/mol. The van der Waals surface area contributed by atoms with Gasteiger partial charge >= 0.3 is 0 Å². The first kappa shape index (κ1) is 22.8. The maximum atomic E-state index is 13.4. The van der Waals surface area contributed by atoms with E-state index in [1.54, 1.807) is 13.2 Å². The number of carbonyl (C=O) groups excluding carboxylic acids is 1. The van der Waals surface area contributed by atoms with Gasteiger partial charge in [-0.3, -0.25) is 4.79 Å². The fraction of sp³-hybridized carbons (Fsp3) is 0.192.